The third-order valence-corrected chi connectivity index (χ3v) is 4.31. The SMILES string of the molecule is NC(=O)c1ccc(NC2CCc3cc(Cl)ccc32)cc1Cl. The van der Waals surface area contributed by atoms with Gasteiger partial charge in [0.2, 0.25) is 5.91 Å². The molecule has 0 aliphatic heterocycles. The molecule has 0 saturated carbocycles. The standard InChI is InChI=1S/C16H14Cl2N2O/c17-10-2-4-12-9(7-10)1-6-15(12)20-11-3-5-13(16(19)21)14(18)8-11/h2-5,7-8,15,20H,1,6H2,(H2,19,21). The molecule has 0 aromatic heterocycles. The molecule has 2 aromatic carbocycles. The van der Waals surface area contributed by atoms with Crippen LogP contribution in [-0.2, 0) is 6.42 Å². The topological polar surface area (TPSA) is 55.1 Å². The number of primary amides is 1. The van der Waals surface area contributed by atoms with Gasteiger partial charge in [-0.15, -0.1) is 0 Å². The van der Waals surface area contributed by atoms with E-state index in [4.69, 9.17) is 28.9 Å². The number of benzene rings is 2. The van der Waals surface area contributed by atoms with E-state index in [1.807, 2.05) is 18.2 Å². The van der Waals surface area contributed by atoms with Crippen molar-refractivity contribution in [1.82, 2.24) is 0 Å². The molecule has 3 nitrogen and oxygen atoms in total. The highest BCUT2D eigenvalue weighted by molar-refractivity contribution is 6.34. The lowest BCUT2D eigenvalue weighted by molar-refractivity contribution is 0.100. The molecular formula is C16H14Cl2N2O. The first-order chi connectivity index (χ1) is 10.0. The zero-order valence-electron chi connectivity index (χ0n) is 11.2. The molecule has 108 valence electrons. The van der Waals surface area contributed by atoms with Gasteiger partial charge in [0.25, 0.3) is 0 Å². The van der Waals surface area contributed by atoms with Crippen LogP contribution in [0.2, 0.25) is 10.0 Å². The second-order valence-electron chi connectivity index (χ2n) is 5.14. The first-order valence-electron chi connectivity index (χ1n) is 6.69. The van der Waals surface area contributed by atoms with Gasteiger partial charge in [0.05, 0.1) is 16.6 Å². The first kappa shape index (κ1) is 14.2. The molecule has 1 amide bonds. The van der Waals surface area contributed by atoms with Gasteiger partial charge in [-0.1, -0.05) is 29.3 Å². The third kappa shape index (κ3) is 2.85. The second kappa shape index (κ2) is 5.58. The molecule has 21 heavy (non-hydrogen) atoms. The summed E-state index contributed by atoms with van der Waals surface area (Å²) in [5, 5.41) is 4.57. The lowest BCUT2D eigenvalue weighted by Gasteiger charge is -2.16. The van der Waals surface area contributed by atoms with Crippen LogP contribution in [0.3, 0.4) is 0 Å². The smallest absolute Gasteiger partial charge is 0.250 e. The predicted molar refractivity (Wildman–Crippen MR) is 86.1 cm³/mol. The van der Waals surface area contributed by atoms with Crippen molar-refractivity contribution in [3.05, 3.63) is 63.1 Å². The highest BCUT2D eigenvalue weighted by Crippen LogP contribution is 2.35. The fourth-order valence-electron chi connectivity index (χ4n) is 2.74. The summed E-state index contributed by atoms with van der Waals surface area (Å²) in [6, 6.07) is 11.4. The minimum absolute atomic E-state index is 0.229. The molecule has 1 aliphatic carbocycles. The molecular weight excluding hydrogens is 307 g/mol. The van der Waals surface area contributed by atoms with Crippen LogP contribution in [0.4, 0.5) is 5.69 Å². The highest BCUT2D eigenvalue weighted by Gasteiger charge is 2.22. The van der Waals surface area contributed by atoms with Crippen molar-refractivity contribution in [2.45, 2.75) is 18.9 Å². The summed E-state index contributed by atoms with van der Waals surface area (Å²) >= 11 is 12.1. The molecule has 0 heterocycles. The van der Waals surface area contributed by atoms with Crippen LogP contribution in [0.1, 0.15) is 33.9 Å². The second-order valence-corrected chi connectivity index (χ2v) is 5.98. The summed E-state index contributed by atoms with van der Waals surface area (Å²) < 4.78 is 0. The molecule has 0 spiro atoms. The van der Waals surface area contributed by atoms with Crippen molar-refractivity contribution in [2.24, 2.45) is 5.73 Å². The number of rotatable bonds is 3. The van der Waals surface area contributed by atoms with E-state index in [2.05, 4.69) is 11.4 Å². The summed E-state index contributed by atoms with van der Waals surface area (Å²) in [6.07, 6.45) is 2.01. The minimum atomic E-state index is -0.521. The van der Waals surface area contributed by atoms with E-state index < -0.39 is 5.91 Å². The number of halogens is 2. The number of nitrogens with one attached hydrogen (secondary N) is 1. The van der Waals surface area contributed by atoms with E-state index in [9.17, 15) is 4.79 Å². The predicted octanol–water partition coefficient (Wildman–Crippen LogP) is 4.19. The number of hydrogen-bond acceptors (Lipinski definition) is 2. The zero-order valence-corrected chi connectivity index (χ0v) is 12.7. The number of aryl methyl sites for hydroxylation is 1. The Labute approximate surface area is 133 Å². The minimum Gasteiger partial charge on any atom is -0.378 e. The Morgan fingerprint density at radius 3 is 2.71 bits per heavy atom. The Bertz CT molecular complexity index is 715. The molecule has 0 bridgehead atoms. The molecule has 3 rings (SSSR count). The number of carbonyl (C=O) groups excluding carboxylic acids is 1. The Morgan fingerprint density at radius 1 is 1.19 bits per heavy atom. The van der Waals surface area contributed by atoms with Crippen molar-refractivity contribution < 1.29 is 4.79 Å². The molecule has 1 aliphatic rings. The van der Waals surface area contributed by atoms with Gasteiger partial charge in [0, 0.05) is 10.7 Å². The van der Waals surface area contributed by atoms with Crippen LogP contribution in [-0.4, -0.2) is 5.91 Å². The Hall–Kier alpha value is -1.71. The van der Waals surface area contributed by atoms with Gasteiger partial charge in [0.15, 0.2) is 0 Å². The molecule has 0 saturated heterocycles. The van der Waals surface area contributed by atoms with E-state index in [1.165, 1.54) is 11.1 Å². The highest BCUT2D eigenvalue weighted by atomic mass is 35.5. The summed E-state index contributed by atoms with van der Waals surface area (Å²) in [7, 11) is 0. The molecule has 2 aromatic rings. The molecule has 1 unspecified atom stereocenters. The number of nitrogens with two attached hydrogens (primary N) is 1. The summed E-state index contributed by atoms with van der Waals surface area (Å²) in [6.45, 7) is 0. The van der Waals surface area contributed by atoms with Crippen molar-refractivity contribution in [1.29, 1.82) is 0 Å². The van der Waals surface area contributed by atoms with E-state index in [1.54, 1.807) is 12.1 Å². The number of carbonyl (C=O) groups is 1. The average molecular weight is 321 g/mol. The van der Waals surface area contributed by atoms with Gasteiger partial charge >= 0.3 is 0 Å². The van der Waals surface area contributed by atoms with Crippen LogP contribution < -0.4 is 11.1 Å². The van der Waals surface area contributed by atoms with Crippen molar-refractivity contribution in [3.63, 3.8) is 0 Å². The number of amides is 1. The number of fused-ring (bicyclic) bond motifs is 1. The van der Waals surface area contributed by atoms with E-state index in [-0.39, 0.29) is 6.04 Å². The maximum absolute atomic E-state index is 11.2. The Morgan fingerprint density at radius 2 is 2.00 bits per heavy atom. The summed E-state index contributed by atoms with van der Waals surface area (Å²) in [5.74, 6) is -0.521. The average Bonchev–Trinajstić information content (AvgIpc) is 2.80. The molecule has 1 atom stereocenters. The van der Waals surface area contributed by atoms with E-state index in [0.29, 0.717) is 10.6 Å². The largest absolute Gasteiger partial charge is 0.378 e. The maximum Gasteiger partial charge on any atom is 0.250 e. The van der Waals surface area contributed by atoms with Gasteiger partial charge < -0.3 is 11.1 Å². The molecule has 3 N–H and O–H groups in total. The Kier molecular flexibility index (Phi) is 3.79. The van der Waals surface area contributed by atoms with E-state index in [0.717, 1.165) is 23.6 Å². The lowest BCUT2D eigenvalue weighted by atomic mass is 10.1. The molecule has 0 radical (unpaired) electrons. The molecule has 0 fully saturated rings. The van der Waals surface area contributed by atoms with Crippen LogP contribution in [0.25, 0.3) is 0 Å². The quantitative estimate of drug-likeness (QED) is 0.890. The van der Waals surface area contributed by atoms with Crippen molar-refractivity contribution in [2.75, 3.05) is 5.32 Å². The fourth-order valence-corrected chi connectivity index (χ4v) is 3.21. The van der Waals surface area contributed by atoms with Gasteiger partial charge in [0.1, 0.15) is 0 Å². The van der Waals surface area contributed by atoms with Crippen LogP contribution in [0.15, 0.2) is 36.4 Å². The summed E-state index contributed by atoms with van der Waals surface area (Å²) in [5.41, 5.74) is 8.99. The summed E-state index contributed by atoms with van der Waals surface area (Å²) in [4.78, 5) is 11.2. The normalized spacial score (nSPS) is 16.6. The monoisotopic (exact) mass is 320 g/mol. The van der Waals surface area contributed by atoms with Gasteiger partial charge in [-0.2, -0.15) is 0 Å². The van der Waals surface area contributed by atoms with Gasteiger partial charge in [-0.3, -0.25) is 4.79 Å². The Balaban J connectivity index is 1.83. The van der Waals surface area contributed by atoms with E-state index >= 15 is 0 Å². The van der Waals surface area contributed by atoms with Crippen LogP contribution in [0.5, 0.6) is 0 Å². The van der Waals surface area contributed by atoms with Crippen LogP contribution >= 0.6 is 23.2 Å². The maximum atomic E-state index is 11.2. The van der Waals surface area contributed by atoms with Crippen molar-refractivity contribution in [3.8, 4) is 0 Å². The number of anilines is 1. The third-order valence-electron chi connectivity index (χ3n) is 3.76. The fraction of sp³-hybridized carbons (Fsp3) is 0.188. The number of hydrogen-bond donors (Lipinski definition) is 2. The first-order valence-corrected chi connectivity index (χ1v) is 7.44. The van der Waals surface area contributed by atoms with Crippen LogP contribution in [0, 0.1) is 0 Å². The molecule has 5 heteroatoms. The van der Waals surface area contributed by atoms with Gasteiger partial charge in [-0.05, 0) is 54.3 Å². The zero-order chi connectivity index (χ0) is 15.0. The van der Waals surface area contributed by atoms with Gasteiger partial charge in [-0.25, -0.2) is 0 Å². The lowest BCUT2D eigenvalue weighted by Crippen LogP contribution is -2.12. The van der Waals surface area contributed by atoms with Crippen molar-refractivity contribution >= 4 is 34.8 Å².